The smallest absolute Gasteiger partial charge is 0.279 e. The molecule has 1 fully saturated rings. The third-order valence-electron chi connectivity index (χ3n) is 4.10. The monoisotopic (exact) mass is 372 g/mol. The first-order valence-corrected chi connectivity index (χ1v) is 9.32. The summed E-state index contributed by atoms with van der Waals surface area (Å²) in [5.74, 6) is 0. The number of nitrogens with zero attached hydrogens (tertiary/aromatic N) is 3. The van der Waals surface area contributed by atoms with E-state index in [4.69, 9.17) is 5.26 Å². The number of hydrogen-bond donors (Lipinski definition) is 1. The van der Waals surface area contributed by atoms with Gasteiger partial charge in [-0.15, -0.1) is 12.4 Å². The van der Waals surface area contributed by atoms with Gasteiger partial charge in [0, 0.05) is 45.7 Å². The van der Waals surface area contributed by atoms with Crippen molar-refractivity contribution < 1.29 is 8.42 Å². The number of halogens is 1. The molecule has 1 aliphatic rings. The molecule has 1 N–H and O–H groups in total. The number of likely N-dealkylation sites (tertiary alicyclic amines) is 1. The van der Waals surface area contributed by atoms with Crippen LogP contribution >= 0.6 is 12.4 Å². The topological polar surface area (TPSA) is 76.4 Å². The number of nitriles is 1. The van der Waals surface area contributed by atoms with Crippen molar-refractivity contribution in [2.24, 2.45) is 0 Å². The summed E-state index contributed by atoms with van der Waals surface area (Å²) < 4.78 is 28.3. The van der Waals surface area contributed by atoms with E-state index in [1.54, 1.807) is 0 Å². The Bertz CT molecular complexity index is 625. The van der Waals surface area contributed by atoms with Gasteiger partial charge in [0.25, 0.3) is 10.2 Å². The molecular weight excluding hydrogens is 348 g/mol. The number of benzene rings is 1. The molecule has 1 aliphatic heterocycles. The summed E-state index contributed by atoms with van der Waals surface area (Å²) in [6.07, 6.45) is 1.81. The van der Waals surface area contributed by atoms with E-state index in [1.165, 1.54) is 16.9 Å². The first kappa shape index (κ1) is 20.9. The second kappa shape index (κ2) is 9.97. The first-order chi connectivity index (χ1) is 11.0. The van der Waals surface area contributed by atoms with E-state index in [0.717, 1.165) is 32.5 Å². The Morgan fingerprint density at radius 2 is 1.92 bits per heavy atom. The number of piperidine rings is 1. The molecule has 24 heavy (non-hydrogen) atoms. The Kier molecular flexibility index (Phi) is 8.67. The van der Waals surface area contributed by atoms with E-state index >= 15 is 0 Å². The van der Waals surface area contributed by atoms with Crippen molar-refractivity contribution >= 4 is 22.6 Å². The van der Waals surface area contributed by atoms with Crippen LogP contribution < -0.4 is 4.72 Å². The van der Waals surface area contributed by atoms with E-state index in [0.29, 0.717) is 0 Å². The minimum Gasteiger partial charge on any atom is -0.299 e. The van der Waals surface area contributed by atoms with Gasteiger partial charge in [0.05, 0.1) is 6.07 Å². The fourth-order valence-electron chi connectivity index (χ4n) is 2.68. The highest BCUT2D eigenvalue weighted by atomic mass is 35.5. The van der Waals surface area contributed by atoms with Gasteiger partial charge >= 0.3 is 0 Å². The van der Waals surface area contributed by atoms with Crippen molar-refractivity contribution in [2.45, 2.75) is 31.8 Å². The van der Waals surface area contributed by atoms with E-state index in [-0.39, 0.29) is 31.4 Å². The van der Waals surface area contributed by atoms with Crippen molar-refractivity contribution in [1.82, 2.24) is 13.9 Å². The lowest BCUT2D eigenvalue weighted by Gasteiger charge is -2.33. The minimum atomic E-state index is -3.49. The summed E-state index contributed by atoms with van der Waals surface area (Å²) in [6.45, 7) is 2.88. The second-order valence-corrected chi connectivity index (χ2v) is 7.70. The van der Waals surface area contributed by atoms with Gasteiger partial charge in [0.1, 0.15) is 0 Å². The molecule has 0 aliphatic carbocycles. The molecule has 1 aromatic rings. The zero-order valence-corrected chi connectivity index (χ0v) is 15.5. The molecular formula is C16H25ClN4O2S. The zero-order chi connectivity index (χ0) is 16.7. The van der Waals surface area contributed by atoms with Crippen molar-refractivity contribution in [3.63, 3.8) is 0 Å². The summed E-state index contributed by atoms with van der Waals surface area (Å²) in [5, 5.41) is 8.56. The minimum absolute atomic E-state index is 0. The van der Waals surface area contributed by atoms with Crippen LogP contribution in [0.15, 0.2) is 30.3 Å². The SMILES string of the molecule is CN(CCC#N)S(=O)(=O)NC1CCN(Cc2ccccc2)CC1.Cl. The lowest BCUT2D eigenvalue weighted by molar-refractivity contribution is 0.199. The highest BCUT2D eigenvalue weighted by molar-refractivity contribution is 7.87. The summed E-state index contributed by atoms with van der Waals surface area (Å²) >= 11 is 0. The summed E-state index contributed by atoms with van der Waals surface area (Å²) in [6, 6.07) is 12.2. The first-order valence-electron chi connectivity index (χ1n) is 7.88. The van der Waals surface area contributed by atoms with Crippen LogP contribution in [0.4, 0.5) is 0 Å². The molecule has 0 amide bonds. The van der Waals surface area contributed by atoms with E-state index in [1.807, 2.05) is 24.3 Å². The Morgan fingerprint density at radius 3 is 2.50 bits per heavy atom. The zero-order valence-electron chi connectivity index (χ0n) is 13.9. The lowest BCUT2D eigenvalue weighted by atomic mass is 10.1. The molecule has 0 radical (unpaired) electrons. The molecule has 1 aromatic carbocycles. The normalized spacial score (nSPS) is 16.5. The summed E-state index contributed by atoms with van der Waals surface area (Å²) in [4.78, 5) is 2.35. The summed E-state index contributed by atoms with van der Waals surface area (Å²) in [5.41, 5.74) is 1.28. The highest BCUT2D eigenvalue weighted by Gasteiger charge is 2.25. The molecule has 134 valence electrons. The average molecular weight is 373 g/mol. The third kappa shape index (κ3) is 6.38. The van der Waals surface area contributed by atoms with Gasteiger partial charge in [-0.05, 0) is 18.4 Å². The predicted molar refractivity (Wildman–Crippen MR) is 96.9 cm³/mol. The maximum atomic E-state index is 12.2. The van der Waals surface area contributed by atoms with Crippen LogP contribution in [-0.4, -0.2) is 50.3 Å². The van der Waals surface area contributed by atoms with Crippen LogP contribution in [0.2, 0.25) is 0 Å². The van der Waals surface area contributed by atoms with Crippen molar-refractivity contribution in [2.75, 3.05) is 26.7 Å². The molecule has 0 unspecified atom stereocenters. The maximum Gasteiger partial charge on any atom is 0.279 e. The number of rotatable bonds is 7. The Morgan fingerprint density at radius 1 is 1.29 bits per heavy atom. The van der Waals surface area contributed by atoms with E-state index in [9.17, 15) is 8.42 Å². The molecule has 1 saturated heterocycles. The predicted octanol–water partition coefficient (Wildman–Crippen LogP) is 1.75. The molecule has 0 saturated carbocycles. The number of nitrogens with one attached hydrogen (secondary N) is 1. The quantitative estimate of drug-likeness (QED) is 0.791. The van der Waals surface area contributed by atoms with Crippen molar-refractivity contribution in [3.05, 3.63) is 35.9 Å². The van der Waals surface area contributed by atoms with Crippen molar-refractivity contribution in [3.8, 4) is 6.07 Å². The highest BCUT2D eigenvalue weighted by Crippen LogP contribution is 2.15. The van der Waals surface area contributed by atoms with Gasteiger partial charge in [0.2, 0.25) is 0 Å². The molecule has 8 heteroatoms. The third-order valence-corrected chi connectivity index (χ3v) is 5.74. The van der Waals surface area contributed by atoms with Crippen molar-refractivity contribution in [1.29, 1.82) is 5.26 Å². The van der Waals surface area contributed by atoms with Gasteiger partial charge in [-0.3, -0.25) is 4.90 Å². The van der Waals surface area contributed by atoms with Gasteiger partial charge in [-0.1, -0.05) is 30.3 Å². The molecule has 0 aromatic heterocycles. The molecule has 0 atom stereocenters. The van der Waals surface area contributed by atoms with Crippen LogP contribution in [0.1, 0.15) is 24.8 Å². The molecule has 1 heterocycles. The van der Waals surface area contributed by atoms with Gasteiger partial charge in [0.15, 0.2) is 0 Å². The van der Waals surface area contributed by atoms with Crippen LogP contribution in [0.3, 0.4) is 0 Å². The Labute approximate surface area is 151 Å². The Balaban J connectivity index is 0.00000288. The van der Waals surface area contributed by atoms with Gasteiger partial charge < -0.3 is 0 Å². The van der Waals surface area contributed by atoms with Crippen LogP contribution in [0.25, 0.3) is 0 Å². The summed E-state index contributed by atoms with van der Waals surface area (Å²) in [7, 11) is -1.99. The fourth-order valence-corrected chi connectivity index (χ4v) is 3.85. The van der Waals surface area contributed by atoms with E-state index in [2.05, 4.69) is 21.8 Å². The van der Waals surface area contributed by atoms with Crippen LogP contribution in [0.5, 0.6) is 0 Å². The second-order valence-electron chi connectivity index (χ2n) is 5.89. The van der Waals surface area contributed by atoms with Gasteiger partial charge in [-0.2, -0.15) is 22.7 Å². The van der Waals surface area contributed by atoms with E-state index < -0.39 is 10.2 Å². The standard InChI is InChI=1S/C16H24N4O2S.ClH/c1-19(11-5-10-17)23(21,22)18-16-8-12-20(13-9-16)14-15-6-3-2-4-7-15;/h2-4,6-7,16,18H,5,8-9,11-14H2,1H3;1H. The molecule has 0 spiro atoms. The molecule has 0 bridgehead atoms. The average Bonchev–Trinajstić information content (AvgIpc) is 2.55. The lowest BCUT2D eigenvalue weighted by Crippen LogP contribution is -2.48. The molecule has 2 rings (SSSR count). The number of hydrogen-bond acceptors (Lipinski definition) is 4. The maximum absolute atomic E-state index is 12.2. The molecule has 6 nitrogen and oxygen atoms in total. The Hall–Kier alpha value is -1.17. The van der Waals surface area contributed by atoms with Gasteiger partial charge in [-0.25, -0.2) is 0 Å². The van der Waals surface area contributed by atoms with Crippen LogP contribution in [-0.2, 0) is 16.8 Å². The largest absolute Gasteiger partial charge is 0.299 e. The van der Waals surface area contributed by atoms with Crippen LogP contribution in [0, 0.1) is 11.3 Å². The fraction of sp³-hybridized carbons (Fsp3) is 0.562.